The van der Waals surface area contributed by atoms with Crippen LogP contribution in [0.4, 0.5) is 4.39 Å². The van der Waals surface area contributed by atoms with E-state index >= 15 is 0 Å². The van der Waals surface area contributed by atoms with E-state index in [9.17, 15) is 9.18 Å². The summed E-state index contributed by atoms with van der Waals surface area (Å²) in [7, 11) is 0. The number of halogens is 1. The summed E-state index contributed by atoms with van der Waals surface area (Å²) in [6.45, 7) is 4.62. The second-order valence-corrected chi connectivity index (χ2v) is 5.25. The van der Waals surface area contributed by atoms with Crippen molar-refractivity contribution in [1.29, 1.82) is 0 Å². The number of carbonyl (C=O) groups is 1. The number of carbonyl (C=O) groups excluding carboxylic acids is 1. The Kier molecular flexibility index (Phi) is 5.99. The van der Waals surface area contributed by atoms with E-state index in [4.69, 9.17) is 9.47 Å². The first kappa shape index (κ1) is 15.8. The van der Waals surface area contributed by atoms with Crippen molar-refractivity contribution in [3.8, 4) is 5.75 Å². The Bertz CT molecular complexity index is 449. The third kappa shape index (κ3) is 5.01. The van der Waals surface area contributed by atoms with Crippen LogP contribution in [0.2, 0.25) is 0 Å². The fourth-order valence-electron chi connectivity index (χ4n) is 2.45. The third-order valence-electron chi connectivity index (χ3n) is 3.60. The lowest BCUT2D eigenvalue weighted by Crippen LogP contribution is -2.43. The Labute approximate surface area is 124 Å². The molecule has 1 heterocycles. The van der Waals surface area contributed by atoms with Gasteiger partial charge in [-0.1, -0.05) is 0 Å². The van der Waals surface area contributed by atoms with Crippen LogP contribution in [0.5, 0.6) is 5.75 Å². The van der Waals surface area contributed by atoms with E-state index in [1.54, 1.807) is 12.1 Å². The van der Waals surface area contributed by atoms with Crippen molar-refractivity contribution in [3.63, 3.8) is 0 Å². The first-order chi connectivity index (χ1) is 10.2. The highest BCUT2D eigenvalue weighted by Gasteiger charge is 2.24. The summed E-state index contributed by atoms with van der Waals surface area (Å²) in [5.41, 5.74) is 0. The highest BCUT2D eigenvalue weighted by molar-refractivity contribution is 5.77. The van der Waals surface area contributed by atoms with E-state index in [0.717, 1.165) is 19.4 Å². The molecule has 0 saturated carbocycles. The molecule has 0 spiro atoms. The Morgan fingerprint density at radius 1 is 1.38 bits per heavy atom. The van der Waals surface area contributed by atoms with Crippen molar-refractivity contribution in [2.75, 3.05) is 32.9 Å². The monoisotopic (exact) mass is 295 g/mol. The SMILES string of the molecule is CCOCC(=O)N1CCCC(COc2ccc(F)cc2)C1. The molecule has 0 bridgehead atoms. The zero-order chi connectivity index (χ0) is 15.1. The molecule has 0 aromatic heterocycles. The predicted octanol–water partition coefficient (Wildman–Crippen LogP) is 2.48. The molecule has 2 rings (SSSR count). The number of ether oxygens (including phenoxy) is 2. The van der Waals surface area contributed by atoms with E-state index in [1.165, 1.54) is 12.1 Å². The minimum absolute atomic E-state index is 0.0448. The van der Waals surface area contributed by atoms with Crippen molar-refractivity contribution in [3.05, 3.63) is 30.1 Å². The van der Waals surface area contributed by atoms with Crippen LogP contribution in [0.15, 0.2) is 24.3 Å². The number of piperidine rings is 1. The molecule has 0 N–H and O–H groups in total. The van der Waals surface area contributed by atoms with E-state index in [0.29, 0.717) is 31.4 Å². The number of hydrogen-bond donors (Lipinski definition) is 0. The van der Waals surface area contributed by atoms with Gasteiger partial charge in [-0.2, -0.15) is 0 Å². The summed E-state index contributed by atoms with van der Waals surface area (Å²) in [6, 6.07) is 6.01. The molecule has 1 atom stereocenters. The standard InChI is InChI=1S/C16H22FNO3/c1-2-20-12-16(19)18-9-3-4-13(10-18)11-21-15-7-5-14(17)6-8-15/h5-8,13H,2-4,9-12H2,1H3. The van der Waals surface area contributed by atoms with Crippen LogP contribution in [0.3, 0.4) is 0 Å². The Hall–Kier alpha value is -1.62. The van der Waals surface area contributed by atoms with Gasteiger partial charge in [-0.15, -0.1) is 0 Å². The normalized spacial score (nSPS) is 18.6. The fourth-order valence-corrected chi connectivity index (χ4v) is 2.45. The molecular weight excluding hydrogens is 273 g/mol. The first-order valence-corrected chi connectivity index (χ1v) is 7.43. The van der Waals surface area contributed by atoms with Crippen molar-refractivity contribution >= 4 is 5.91 Å². The number of amides is 1. The van der Waals surface area contributed by atoms with Gasteiger partial charge in [0.2, 0.25) is 5.91 Å². The van der Waals surface area contributed by atoms with Gasteiger partial charge in [0.05, 0.1) is 6.61 Å². The fraction of sp³-hybridized carbons (Fsp3) is 0.562. The van der Waals surface area contributed by atoms with Crippen LogP contribution >= 0.6 is 0 Å². The van der Waals surface area contributed by atoms with E-state index in [2.05, 4.69) is 0 Å². The molecule has 1 aliphatic rings. The van der Waals surface area contributed by atoms with Gasteiger partial charge in [0.15, 0.2) is 0 Å². The molecule has 1 aromatic rings. The highest BCUT2D eigenvalue weighted by Crippen LogP contribution is 2.19. The van der Waals surface area contributed by atoms with Crippen molar-refractivity contribution in [2.45, 2.75) is 19.8 Å². The Morgan fingerprint density at radius 3 is 2.86 bits per heavy atom. The van der Waals surface area contributed by atoms with Crippen molar-refractivity contribution in [2.24, 2.45) is 5.92 Å². The van der Waals surface area contributed by atoms with Gasteiger partial charge in [-0.25, -0.2) is 4.39 Å². The molecule has 0 aliphatic carbocycles. The maximum Gasteiger partial charge on any atom is 0.248 e. The topological polar surface area (TPSA) is 38.8 Å². The maximum absolute atomic E-state index is 12.8. The average molecular weight is 295 g/mol. The summed E-state index contributed by atoms with van der Waals surface area (Å²) in [5, 5.41) is 0. The third-order valence-corrected chi connectivity index (χ3v) is 3.60. The van der Waals surface area contributed by atoms with Gasteiger partial charge in [-0.3, -0.25) is 4.79 Å². The van der Waals surface area contributed by atoms with Crippen LogP contribution in [0, 0.1) is 11.7 Å². The summed E-state index contributed by atoms with van der Waals surface area (Å²) in [4.78, 5) is 13.8. The Morgan fingerprint density at radius 2 is 2.14 bits per heavy atom. The molecular formula is C16H22FNO3. The van der Waals surface area contributed by atoms with Crippen LogP contribution in [-0.2, 0) is 9.53 Å². The van der Waals surface area contributed by atoms with Crippen LogP contribution in [0.25, 0.3) is 0 Å². The Balaban J connectivity index is 1.78. The molecule has 1 aromatic carbocycles. The van der Waals surface area contributed by atoms with Gasteiger partial charge in [0.25, 0.3) is 0 Å². The average Bonchev–Trinajstić information content (AvgIpc) is 2.52. The zero-order valence-corrected chi connectivity index (χ0v) is 12.4. The maximum atomic E-state index is 12.8. The number of hydrogen-bond acceptors (Lipinski definition) is 3. The molecule has 21 heavy (non-hydrogen) atoms. The van der Waals surface area contributed by atoms with Crippen molar-refractivity contribution < 1.29 is 18.7 Å². The molecule has 5 heteroatoms. The summed E-state index contributed by atoms with van der Waals surface area (Å²) in [6.07, 6.45) is 2.02. The second-order valence-electron chi connectivity index (χ2n) is 5.25. The minimum Gasteiger partial charge on any atom is -0.493 e. The number of likely N-dealkylation sites (tertiary alicyclic amines) is 1. The van der Waals surface area contributed by atoms with E-state index < -0.39 is 0 Å². The zero-order valence-electron chi connectivity index (χ0n) is 12.4. The molecule has 1 unspecified atom stereocenters. The minimum atomic E-state index is -0.271. The molecule has 1 saturated heterocycles. The van der Waals surface area contributed by atoms with Crippen molar-refractivity contribution in [1.82, 2.24) is 4.90 Å². The van der Waals surface area contributed by atoms with Gasteiger partial charge >= 0.3 is 0 Å². The van der Waals surface area contributed by atoms with Crippen LogP contribution < -0.4 is 4.74 Å². The van der Waals surface area contributed by atoms with E-state index in [-0.39, 0.29) is 18.3 Å². The van der Waals surface area contributed by atoms with Gasteiger partial charge in [-0.05, 0) is 44.0 Å². The largest absolute Gasteiger partial charge is 0.493 e. The lowest BCUT2D eigenvalue weighted by Gasteiger charge is -2.32. The molecule has 116 valence electrons. The molecule has 0 radical (unpaired) electrons. The van der Waals surface area contributed by atoms with Gasteiger partial charge < -0.3 is 14.4 Å². The molecule has 1 amide bonds. The number of nitrogens with zero attached hydrogens (tertiary/aromatic N) is 1. The number of rotatable bonds is 6. The first-order valence-electron chi connectivity index (χ1n) is 7.43. The second kappa shape index (κ2) is 7.98. The van der Waals surface area contributed by atoms with Gasteiger partial charge in [0, 0.05) is 25.6 Å². The quantitative estimate of drug-likeness (QED) is 0.809. The summed E-state index contributed by atoms with van der Waals surface area (Å²) in [5.74, 6) is 0.750. The highest BCUT2D eigenvalue weighted by atomic mass is 19.1. The van der Waals surface area contributed by atoms with E-state index in [1.807, 2.05) is 11.8 Å². The lowest BCUT2D eigenvalue weighted by molar-refractivity contribution is -0.138. The van der Waals surface area contributed by atoms with Crippen LogP contribution in [-0.4, -0.2) is 43.7 Å². The van der Waals surface area contributed by atoms with Gasteiger partial charge in [0.1, 0.15) is 18.2 Å². The smallest absolute Gasteiger partial charge is 0.248 e. The lowest BCUT2D eigenvalue weighted by atomic mass is 9.99. The molecule has 1 aliphatic heterocycles. The summed E-state index contributed by atoms with van der Waals surface area (Å²) < 4.78 is 23.7. The summed E-state index contributed by atoms with van der Waals surface area (Å²) >= 11 is 0. The number of benzene rings is 1. The molecule has 1 fully saturated rings. The molecule has 4 nitrogen and oxygen atoms in total. The predicted molar refractivity (Wildman–Crippen MR) is 77.7 cm³/mol. The van der Waals surface area contributed by atoms with Crippen LogP contribution in [0.1, 0.15) is 19.8 Å².